The summed E-state index contributed by atoms with van der Waals surface area (Å²) >= 11 is 0. The van der Waals surface area contributed by atoms with Gasteiger partial charge in [-0.3, -0.25) is 0 Å². The lowest BCUT2D eigenvalue weighted by atomic mass is 10.2. The van der Waals surface area contributed by atoms with E-state index in [1.54, 1.807) is 7.11 Å². The maximum Gasteiger partial charge on any atom is 0.247 e. The molecule has 0 unspecified atom stereocenters. The van der Waals surface area contributed by atoms with Crippen LogP contribution in [0.15, 0.2) is 28.7 Å². The van der Waals surface area contributed by atoms with Gasteiger partial charge in [0.05, 0.1) is 13.7 Å². The third kappa shape index (κ3) is 4.06. The summed E-state index contributed by atoms with van der Waals surface area (Å²) in [5, 5.41) is 11.4. The fourth-order valence-electron chi connectivity index (χ4n) is 1.89. The van der Waals surface area contributed by atoms with E-state index >= 15 is 0 Å². The summed E-state index contributed by atoms with van der Waals surface area (Å²) in [4.78, 5) is 0. The van der Waals surface area contributed by atoms with E-state index in [1.807, 2.05) is 24.3 Å². The zero-order valence-electron chi connectivity index (χ0n) is 12.1. The molecule has 0 bridgehead atoms. The maximum atomic E-state index is 5.64. The Labute approximate surface area is 119 Å². The highest BCUT2D eigenvalue weighted by atomic mass is 16.5. The molecule has 0 radical (unpaired) electrons. The summed E-state index contributed by atoms with van der Waals surface area (Å²) in [5.74, 6) is 1.91. The van der Waals surface area contributed by atoms with Gasteiger partial charge in [0.25, 0.3) is 0 Å². The van der Waals surface area contributed by atoms with Gasteiger partial charge in [-0.15, -0.1) is 10.2 Å². The molecule has 0 amide bonds. The van der Waals surface area contributed by atoms with Crippen LogP contribution in [0.3, 0.4) is 0 Å². The van der Waals surface area contributed by atoms with Gasteiger partial charge in [-0.1, -0.05) is 25.8 Å². The van der Waals surface area contributed by atoms with Crippen LogP contribution in [0.5, 0.6) is 5.75 Å². The monoisotopic (exact) mass is 275 g/mol. The lowest BCUT2D eigenvalue weighted by Crippen LogP contribution is -2.14. The van der Waals surface area contributed by atoms with Gasteiger partial charge in [0.15, 0.2) is 0 Å². The molecule has 0 fully saturated rings. The van der Waals surface area contributed by atoms with E-state index in [2.05, 4.69) is 22.4 Å². The Morgan fingerprint density at radius 2 is 2.15 bits per heavy atom. The highest BCUT2D eigenvalue weighted by molar-refractivity contribution is 5.55. The molecule has 0 saturated heterocycles. The van der Waals surface area contributed by atoms with Gasteiger partial charge in [-0.2, -0.15) is 0 Å². The van der Waals surface area contributed by atoms with Crippen molar-refractivity contribution in [2.75, 3.05) is 13.7 Å². The smallest absolute Gasteiger partial charge is 0.247 e. The zero-order valence-corrected chi connectivity index (χ0v) is 12.1. The molecule has 108 valence electrons. The van der Waals surface area contributed by atoms with Crippen LogP contribution in [0.2, 0.25) is 0 Å². The van der Waals surface area contributed by atoms with E-state index < -0.39 is 0 Å². The molecule has 0 saturated carbocycles. The Balaban J connectivity index is 1.91. The van der Waals surface area contributed by atoms with E-state index in [0.717, 1.165) is 17.9 Å². The van der Waals surface area contributed by atoms with E-state index in [0.29, 0.717) is 18.3 Å². The predicted molar refractivity (Wildman–Crippen MR) is 77.5 cm³/mol. The number of nitrogens with zero attached hydrogens (tertiary/aromatic N) is 2. The summed E-state index contributed by atoms with van der Waals surface area (Å²) in [6.45, 7) is 3.78. The molecule has 0 spiro atoms. The average Bonchev–Trinajstić information content (AvgIpc) is 2.96. The maximum absolute atomic E-state index is 5.64. The molecule has 1 N–H and O–H groups in total. The standard InChI is InChI=1S/C15H21N3O2/c1-3-4-5-9-16-11-14-17-18-15(20-14)12-7-6-8-13(10-12)19-2/h6-8,10,16H,3-5,9,11H2,1-2H3. The number of unbranched alkanes of at least 4 members (excludes halogenated alkanes) is 2. The molecule has 5 heteroatoms. The van der Waals surface area contributed by atoms with Crippen LogP contribution in [-0.2, 0) is 6.54 Å². The van der Waals surface area contributed by atoms with E-state index in [1.165, 1.54) is 19.3 Å². The zero-order chi connectivity index (χ0) is 14.2. The van der Waals surface area contributed by atoms with E-state index in [9.17, 15) is 0 Å². The third-order valence-electron chi connectivity index (χ3n) is 3.02. The summed E-state index contributed by atoms with van der Waals surface area (Å²) < 4.78 is 10.8. The molecular formula is C15H21N3O2. The molecule has 0 aliphatic carbocycles. The lowest BCUT2D eigenvalue weighted by Gasteiger charge is -2.01. The summed E-state index contributed by atoms with van der Waals surface area (Å²) in [7, 11) is 1.64. The minimum absolute atomic E-state index is 0.522. The summed E-state index contributed by atoms with van der Waals surface area (Å²) in [6.07, 6.45) is 3.64. The quantitative estimate of drug-likeness (QED) is 0.750. The number of rotatable bonds is 8. The number of aromatic nitrogens is 2. The number of benzene rings is 1. The highest BCUT2D eigenvalue weighted by Gasteiger charge is 2.08. The number of methoxy groups -OCH3 is 1. The SMILES string of the molecule is CCCCCNCc1nnc(-c2cccc(OC)c2)o1. The highest BCUT2D eigenvalue weighted by Crippen LogP contribution is 2.22. The number of ether oxygens (including phenoxy) is 1. The topological polar surface area (TPSA) is 60.2 Å². The van der Waals surface area contributed by atoms with E-state index in [-0.39, 0.29) is 0 Å². The molecule has 2 aromatic rings. The van der Waals surface area contributed by atoms with Crippen molar-refractivity contribution < 1.29 is 9.15 Å². The fraction of sp³-hybridized carbons (Fsp3) is 0.467. The second-order valence-corrected chi connectivity index (χ2v) is 4.62. The third-order valence-corrected chi connectivity index (χ3v) is 3.02. The Morgan fingerprint density at radius 1 is 1.25 bits per heavy atom. The first-order valence-electron chi connectivity index (χ1n) is 7.01. The molecule has 20 heavy (non-hydrogen) atoms. The first-order chi connectivity index (χ1) is 9.83. The van der Waals surface area contributed by atoms with Gasteiger partial charge in [0.1, 0.15) is 5.75 Å². The average molecular weight is 275 g/mol. The fourth-order valence-corrected chi connectivity index (χ4v) is 1.89. The lowest BCUT2D eigenvalue weighted by molar-refractivity contribution is 0.414. The van der Waals surface area contributed by atoms with Crippen LogP contribution in [0, 0.1) is 0 Å². The molecule has 0 atom stereocenters. The molecule has 1 heterocycles. The van der Waals surface area contributed by atoms with Crippen molar-refractivity contribution in [2.24, 2.45) is 0 Å². The van der Waals surface area contributed by atoms with E-state index in [4.69, 9.17) is 9.15 Å². The normalized spacial score (nSPS) is 10.7. The molecule has 0 aliphatic heterocycles. The van der Waals surface area contributed by atoms with Gasteiger partial charge in [0.2, 0.25) is 11.8 Å². The Morgan fingerprint density at radius 3 is 2.95 bits per heavy atom. The molecular weight excluding hydrogens is 254 g/mol. The van der Waals surface area contributed by atoms with Gasteiger partial charge >= 0.3 is 0 Å². The van der Waals surface area contributed by atoms with Gasteiger partial charge in [-0.25, -0.2) is 0 Å². The Kier molecular flexibility index (Phi) is 5.55. The largest absolute Gasteiger partial charge is 0.497 e. The Bertz CT molecular complexity index is 525. The molecule has 0 aliphatic rings. The van der Waals surface area contributed by atoms with Crippen molar-refractivity contribution in [1.82, 2.24) is 15.5 Å². The molecule has 1 aromatic heterocycles. The summed E-state index contributed by atoms with van der Waals surface area (Å²) in [5.41, 5.74) is 0.870. The van der Waals surface area contributed by atoms with Crippen LogP contribution in [0.4, 0.5) is 0 Å². The van der Waals surface area contributed by atoms with Crippen molar-refractivity contribution in [2.45, 2.75) is 32.7 Å². The van der Waals surface area contributed by atoms with Crippen LogP contribution in [-0.4, -0.2) is 23.9 Å². The van der Waals surface area contributed by atoms with Crippen LogP contribution in [0.25, 0.3) is 11.5 Å². The first kappa shape index (κ1) is 14.5. The number of hydrogen-bond acceptors (Lipinski definition) is 5. The number of hydrogen-bond donors (Lipinski definition) is 1. The van der Waals surface area contributed by atoms with Gasteiger partial charge in [0, 0.05) is 5.56 Å². The molecule has 5 nitrogen and oxygen atoms in total. The molecule has 2 rings (SSSR count). The van der Waals surface area contributed by atoms with Gasteiger partial charge < -0.3 is 14.5 Å². The second-order valence-electron chi connectivity index (χ2n) is 4.62. The van der Waals surface area contributed by atoms with Crippen molar-refractivity contribution in [1.29, 1.82) is 0 Å². The van der Waals surface area contributed by atoms with Crippen LogP contribution < -0.4 is 10.1 Å². The van der Waals surface area contributed by atoms with Gasteiger partial charge in [-0.05, 0) is 31.2 Å². The molecule has 1 aromatic carbocycles. The van der Waals surface area contributed by atoms with Crippen molar-refractivity contribution in [3.8, 4) is 17.2 Å². The minimum atomic E-state index is 0.522. The first-order valence-corrected chi connectivity index (χ1v) is 7.01. The van der Waals surface area contributed by atoms with Crippen LogP contribution >= 0.6 is 0 Å². The minimum Gasteiger partial charge on any atom is -0.497 e. The van der Waals surface area contributed by atoms with Crippen LogP contribution in [0.1, 0.15) is 32.1 Å². The Hall–Kier alpha value is -1.88. The number of nitrogens with one attached hydrogen (secondary N) is 1. The second kappa shape index (κ2) is 7.65. The van der Waals surface area contributed by atoms with Crippen molar-refractivity contribution in [3.63, 3.8) is 0 Å². The summed E-state index contributed by atoms with van der Waals surface area (Å²) in [6, 6.07) is 7.59. The van der Waals surface area contributed by atoms with Crippen molar-refractivity contribution in [3.05, 3.63) is 30.2 Å². The predicted octanol–water partition coefficient (Wildman–Crippen LogP) is 3.03. The van der Waals surface area contributed by atoms with Crippen molar-refractivity contribution >= 4 is 0 Å².